The summed E-state index contributed by atoms with van der Waals surface area (Å²) >= 11 is 0. The van der Waals surface area contributed by atoms with Crippen LogP contribution in [0.2, 0.25) is 0 Å². The highest BCUT2D eigenvalue weighted by Crippen LogP contribution is 2.18. The average Bonchev–Trinajstić information content (AvgIpc) is 2.80. The average molecular weight is 450 g/mol. The molecule has 0 saturated carbocycles. The first kappa shape index (κ1) is 23.4. The van der Waals surface area contributed by atoms with Crippen molar-refractivity contribution in [3.8, 4) is 0 Å². The van der Waals surface area contributed by atoms with Gasteiger partial charge in [-0.3, -0.25) is 4.79 Å². The van der Waals surface area contributed by atoms with Gasteiger partial charge < -0.3 is 0 Å². The number of sulfonamides is 1. The molecule has 0 spiro atoms. The number of nitrogens with one attached hydrogen (secondary N) is 1. The van der Waals surface area contributed by atoms with E-state index in [1.807, 2.05) is 44.2 Å². The highest BCUT2D eigenvalue weighted by Gasteiger charge is 2.20. The third-order valence-corrected chi connectivity index (χ3v) is 6.90. The molecule has 0 atom stereocenters. The van der Waals surface area contributed by atoms with Crippen molar-refractivity contribution in [1.82, 2.24) is 9.73 Å². The van der Waals surface area contributed by atoms with Crippen molar-refractivity contribution >= 4 is 21.6 Å². The Kier molecular flexibility index (Phi) is 7.56. The van der Waals surface area contributed by atoms with Gasteiger partial charge in [0, 0.05) is 19.2 Å². The van der Waals surface area contributed by atoms with E-state index in [0.29, 0.717) is 12.0 Å². The van der Waals surface area contributed by atoms with Gasteiger partial charge in [-0.25, -0.2) is 13.8 Å². The van der Waals surface area contributed by atoms with Crippen LogP contribution in [0, 0.1) is 6.92 Å². The van der Waals surface area contributed by atoms with Gasteiger partial charge in [0.25, 0.3) is 5.91 Å². The minimum absolute atomic E-state index is 0.199. The van der Waals surface area contributed by atoms with Crippen molar-refractivity contribution in [2.45, 2.75) is 31.7 Å². The second kappa shape index (κ2) is 10.3. The van der Waals surface area contributed by atoms with Crippen molar-refractivity contribution in [3.05, 3.63) is 101 Å². The lowest BCUT2D eigenvalue weighted by Gasteiger charge is -2.17. The molecule has 3 aromatic carbocycles. The highest BCUT2D eigenvalue weighted by molar-refractivity contribution is 7.89. The number of carbonyl (C=O) groups is 1. The summed E-state index contributed by atoms with van der Waals surface area (Å²) in [5.74, 6) is -0.320. The number of carbonyl (C=O) groups excluding carboxylic acids is 1. The number of hydrogen-bond acceptors (Lipinski definition) is 4. The summed E-state index contributed by atoms with van der Waals surface area (Å²) in [5, 5.41) is 4.26. The minimum atomic E-state index is -3.59. The smallest absolute Gasteiger partial charge is 0.267 e. The zero-order valence-electron chi connectivity index (χ0n) is 18.4. The third kappa shape index (κ3) is 5.69. The van der Waals surface area contributed by atoms with Crippen molar-refractivity contribution < 1.29 is 13.2 Å². The van der Waals surface area contributed by atoms with Crippen LogP contribution in [0.5, 0.6) is 0 Å². The van der Waals surface area contributed by atoms with Gasteiger partial charge in [0.1, 0.15) is 0 Å². The number of benzene rings is 3. The first-order chi connectivity index (χ1) is 15.3. The molecule has 0 bridgehead atoms. The Hall–Kier alpha value is -3.29. The van der Waals surface area contributed by atoms with Crippen LogP contribution < -0.4 is 5.43 Å². The van der Waals surface area contributed by atoms with Gasteiger partial charge >= 0.3 is 0 Å². The predicted molar refractivity (Wildman–Crippen MR) is 127 cm³/mol. The van der Waals surface area contributed by atoms with E-state index in [0.717, 1.165) is 22.4 Å². The summed E-state index contributed by atoms with van der Waals surface area (Å²) in [4.78, 5) is 12.7. The maximum atomic E-state index is 12.8. The number of nitrogens with zero attached hydrogens (tertiary/aromatic N) is 2. The van der Waals surface area contributed by atoms with E-state index in [1.54, 1.807) is 55.6 Å². The SMILES string of the molecule is CC/C(=N\NC(=O)c1ccc(CN(C)S(=O)(=O)c2ccc(C)cc2)cc1)c1ccccc1. The van der Waals surface area contributed by atoms with E-state index in [-0.39, 0.29) is 17.3 Å². The fourth-order valence-electron chi connectivity index (χ4n) is 3.15. The fourth-order valence-corrected chi connectivity index (χ4v) is 4.31. The molecule has 0 heterocycles. The molecule has 0 aromatic heterocycles. The lowest BCUT2D eigenvalue weighted by Crippen LogP contribution is -2.26. The quantitative estimate of drug-likeness (QED) is 0.410. The fraction of sp³-hybridized carbons (Fsp3) is 0.200. The largest absolute Gasteiger partial charge is 0.271 e. The molecular weight excluding hydrogens is 422 g/mol. The van der Waals surface area contributed by atoms with Crippen LogP contribution in [-0.2, 0) is 16.6 Å². The molecule has 0 aliphatic heterocycles. The summed E-state index contributed by atoms with van der Waals surface area (Å²) in [7, 11) is -2.05. The predicted octanol–water partition coefficient (Wildman–Crippen LogP) is 4.36. The Labute approximate surface area is 189 Å². The first-order valence-electron chi connectivity index (χ1n) is 10.4. The molecule has 3 aromatic rings. The molecule has 1 amide bonds. The van der Waals surface area contributed by atoms with E-state index in [9.17, 15) is 13.2 Å². The Morgan fingerprint density at radius 3 is 2.12 bits per heavy atom. The Bertz CT molecular complexity index is 1190. The van der Waals surface area contributed by atoms with E-state index in [2.05, 4.69) is 10.5 Å². The van der Waals surface area contributed by atoms with Gasteiger partial charge in [-0.1, -0.05) is 67.1 Å². The van der Waals surface area contributed by atoms with E-state index in [1.165, 1.54) is 4.31 Å². The second-order valence-electron chi connectivity index (χ2n) is 7.49. The van der Waals surface area contributed by atoms with Crippen LogP contribution in [0.25, 0.3) is 0 Å². The number of hydrogen-bond donors (Lipinski definition) is 1. The number of rotatable bonds is 8. The third-order valence-electron chi connectivity index (χ3n) is 5.08. The maximum Gasteiger partial charge on any atom is 0.271 e. The lowest BCUT2D eigenvalue weighted by molar-refractivity contribution is 0.0954. The molecule has 1 N–H and O–H groups in total. The number of amides is 1. The van der Waals surface area contributed by atoms with Crippen LogP contribution in [0.4, 0.5) is 0 Å². The van der Waals surface area contributed by atoms with Crippen LogP contribution >= 0.6 is 0 Å². The molecule has 7 heteroatoms. The van der Waals surface area contributed by atoms with Gasteiger partial charge in [-0.15, -0.1) is 0 Å². The summed E-state index contributed by atoms with van der Waals surface area (Å²) in [6.07, 6.45) is 0.686. The van der Waals surface area contributed by atoms with Gasteiger partial charge in [0.2, 0.25) is 10.0 Å². The summed E-state index contributed by atoms with van der Waals surface area (Å²) < 4.78 is 26.8. The van der Waals surface area contributed by atoms with Crippen LogP contribution in [0.1, 0.15) is 40.4 Å². The van der Waals surface area contributed by atoms with Crippen molar-refractivity contribution in [3.63, 3.8) is 0 Å². The lowest BCUT2D eigenvalue weighted by atomic mass is 10.1. The molecule has 0 fully saturated rings. The van der Waals surface area contributed by atoms with Gasteiger partial charge in [-0.05, 0) is 48.7 Å². The zero-order chi connectivity index (χ0) is 23.1. The number of hydrazone groups is 1. The van der Waals surface area contributed by atoms with E-state index >= 15 is 0 Å². The summed E-state index contributed by atoms with van der Waals surface area (Å²) in [6.45, 7) is 4.09. The summed E-state index contributed by atoms with van der Waals surface area (Å²) in [6, 6.07) is 23.3. The maximum absolute atomic E-state index is 12.8. The van der Waals surface area contributed by atoms with Crippen LogP contribution in [0.15, 0.2) is 88.9 Å². The molecule has 0 radical (unpaired) electrons. The second-order valence-corrected chi connectivity index (χ2v) is 9.53. The standard InChI is InChI=1S/C25H27N3O3S/c1-4-24(21-8-6-5-7-9-21)26-27-25(29)22-14-12-20(13-15-22)18-28(3)32(30,31)23-16-10-19(2)11-17-23/h5-17H,4,18H2,1-3H3,(H,27,29)/b26-24+. The minimum Gasteiger partial charge on any atom is -0.267 e. The summed E-state index contributed by atoms with van der Waals surface area (Å²) in [5.41, 5.74) is 6.58. The molecular formula is C25H27N3O3S. The Morgan fingerprint density at radius 2 is 1.53 bits per heavy atom. The van der Waals surface area contributed by atoms with E-state index in [4.69, 9.17) is 0 Å². The Balaban J connectivity index is 1.66. The molecule has 0 saturated heterocycles. The van der Waals surface area contributed by atoms with Crippen LogP contribution in [-0.4, -0.2) is 31.4 Å². The molecule has 3 rings (SSSR count). The van der Waals surface area contributed by atoms with Crippen molar-refractivity contribution in [2.75, 3.05) is 7.05 Å². The highest BCUT2D eigenvalue weighted by atomic mass is 32.2. The monoisotopic (exact) mass is 449 g/mol. The zero-order valence-corrected chi connectivity index (χ0v) is 19.3. The Morgan fingerprint density at radius 1 is 0.906 bits per heavy atom. The molecule has 0 aliphatic carbocycles. The van der Waals surface area contributed by atoms with Gasteiger partial charge in [0.15, 0.2) is 0 Å². The number of aryl methyl sites for hydroxylation is 1. The van der Waals surface area contributed by atoms with Gasteiger partial charge in [0.05, 0.1) is 10.6 Å². The molecule has 6 nitrogen and oxygen atoms in total. The van der Waals surface area contributed by atoms with Crippen LogP contribution in [0.3, 0.4) is 0 Å². The molecule has 0 unspecified atom stereocenters. The van der Waals surface area contributed by atoms with Gasteiger partial charge in [-0.2, -0.15) is 9.41 Å². The molecule has 32 heavy (non-hydrogen) atoms. The molecule has 0 aliphatic rings. The molecule has 166 valence electrons. The van der Waals surface area contributed by atoms with Crippen molar-refractivity contribution in [2.24, 2.45) is 5.10 Å². The van der Waals surface area contributed by atoms with E-state index < -0.39 is 10.0 Å². The topological polar surface area (TPSA) is 78.8 Å². The first-order valence-corrected chi connectivity index (χ1v) is 11.8. The normalized spacial score (nSPS) is 12.1. The van der Waals surface area contributed by atoms with Crippen molar-refractivity contribution in [1.29, 1.82) is 0 Å².